The van der Waals surface area contributed by atoms with Gasteiger partial charge in [-0.3, -0.25) is 0 Å². The van der Waals surface area contributed by atoms with Gasteiger partial charge in [-0.15, -0.1) is 10.2 Å². The van der Waals surface area contributed by atoms with Crippen LogP contribution in [0.15, 0.2) is 48.7 Å². The van der Waals surface area contributed by atoms with E-state index in [0.717, 1.165) is 22.0 Å². The average Bonchev–Trinajstić information content (AvgIpc) is 3.23. The van der Waals surface area contributed by atoms with Crippen molar-refractivity contribution >= 4 is 29.3 Å². The van der Waals surface area contributed by atoms with Crippen LogP contribution in [0.5, 0.6) is 5.88 Å². The topological polar surface area (TPSA) is 127 Å². The number of nitrogens with one attached hydrogen (secondary N) is 1. The van der Waals surface area contributed by atoms with Gasteiger partial charge >= 0.3 is 7.12 Å². The Kier molecular flexibility index (Phi) is 6.07. The molecular weight excluding hydrogens is 399 g/mol. The second-order valence-electron chi connectivity index (χ2n) is 6.78. The third-order valence-electron chi connectivity index (χ3n) is 4.74. The zero-order chi connectivity index (χ0) is 21.8. The summed E-state index contributed by atoms with van der Waals surface area (Å²) in [4.78, 5) is 4.55. The molecule has 0 atom stereocenters. The zero-order valence-corrected chi connectivity index (χ0v) is 17.1. The number of anilines is 1. The summed E-state index contributed by atoms with van der Waals surface area (Å²) in [5.41, 5.74) is 3.08. The maximum Gasteiger partial charge on any atom is 0.488 e. The fourth-order valence-corrected chi connectivity index (χ4v) is 3.25. The van der Waals surface area contributed by atoms with Gasteiger partial charge < -0.3 is 24.8 Å². The van der Waals surface area contributed by atoms with E-state index >= 15 is 0 Å². The predicted molar refractivity (Wildman–Crippen MR) is 115 cm³/mol. The van der Waals surface area contributed by atoms with E-state index in [1.54, 1.807) is 36.2 Å². The molecule has 0 unspecified atom stereocenters. The van der Waals surface area contributed by atoms with Crippen molar-refractivity contribution in [3.05, 3.63) is 59.8 Å². The first-order valence-electron chi connectivity index (χ1n) is 9.53. The molecule has 4 aromatic rings. The number of ether oxygens (including phenoxy) is 2. The molecule has 10 nitrogen and oxygen atoms in total. The Morgan fingerprint density at radius 1 is 1.10 bits per heavy atom. The number of hydrogen-bond donors (Lipinski definition) is 3. The van der Waals surface area contributed by atoms with Crippen molar-refractivity contribution < 1.29 is 19.5 Å². The Hall–Kier alpha value is -3.54. The van der Waals surface area contributed by atoms with Gasteiger partial charge in [0.05, 0.1) is 25.4 Å². The molecule has 0 saturated heterocycles. The fourth-order valence-electron chi connectivity index (χ4n) is 3.25. The van der Waals surface area contributed by atoms with E-state index in [2.05, 4.69) is 25.6 Å². The van der Waals surface area contributed by atoms with Gasteiger partial charge in [0.2, 0.25) is 0 Å². The van der Waals surface area contributed by atoms with Gasteiger partial charge in [-0.05, 0) is 22.7 Å². The van der Waals surface area contributed by atoms with Crippen molar-refractivity contribution in [2.24, 2.45) is 0 Å². The molecule has 4 rings (SSSR count). The summed E-state index contributed by atoms with van der Waals surface area (Å²) in [6.07, 6.45) is 1.75. The van der Waals surface area contributed by atoms with Crippen molar-refractivity contribution in [2.75, 3.05) is 19.5 Å². The first-order chi connectivity index (χ1) is 15.1. The smallest absolute Gasteiger partial charge is 0.477 e. The molecule has 2 aromatic heterocycles. The van der Waals surface area contributed by atoms with Gasteiger partial charge in [0.15, 0.2) is 5.82 Å². The van der Waals surface area contributed by atoms with E-state index < -0.39 is 7.12 Å². The van der Waals surface area contributed by atoms with Crippen LogP contribution in [0.3, 0.4) is 0 Å². The molecule has 158 valence electrons. The lowest BCUT2D eigenvalue weighted by Crippen LogP contribution is -2.30. The van der Waals surface area contributed by atoms with Crippen LogP contribution in [0.1, 0.15) is 11.1 Å². The van der Waals surface area contributed by atoms with E-state index in [1.165, 1.54) is 7.11 Å². The standard InChI is InChI=1S/C20H21BN6O4/c1-30-12-14-6-4-8-17-16(14)11-23-27(17)20-24-18(19(31-2)25-26-20)22-10-13-5-3-7-15(9-13)21(28)29/h3-9,11,28-29H,10,12H2,1-2H3,(H,22,24,26). The third kappa shape index (κ3) is 4.33. The molecule has 31 heavy (non-hydrogen) atoms. The molecule has 0 fully saturated rings. The summed E-state index contributed by atoms with van der Waals surface area (Å²) in [6, 6.07) is 12.8. The Labute approximate surface area is 178 Å². The van der Waals surface area contributed by atoms with Crippen molar-refractivity contribution in [2.45, 2.75) is 13.2 Å². The van der Waals surface area contributed by atoms with Gasteiger partial charge in [0, 0.05) is 19.0 Å². The highest BCUT2D eigenvalue weighted by Gasteiger charge is 2.16. The minimum atomic E-state index is -1.53. The minimum absolute atomic E-state index is 0.235. The molecule has 0 spiro atoms. The lowest BCUT2D eigenvalue weighted by Gasteiger charge is -2.11. The predicted octanol–water partition coefficient (Wildman–Crippen LogP) is 0.657. The van der Waals surface area contributed by atoms with E-state index in [-0.39, 0.29) is 11.8 Å². The van der Waals surface area contributed by atoms with Gasteiger partial charge in [-0.2, -0.15) is 14.8 Å². The van der Waals surface area contributed by atoms with Crippen molar-refractivity contribution in [1.29, 1.82) is 0 Å². The average molecular weight is 420 g/mol. The largest absolute Gasteiger partial charge is 0.488 e. The zero-order valence-electron chi connectivity index (χ0n) is 17.1. The highest BCUT2D eigenvalue weighted by atomic mass is 16.5. The summed E-state index contributed by atoms with van der Waals surface area (Å²) in [5, 5.41) is 35.5. The first kappa shape index (κ1) is 20.7. The summed E-state index contributed by atoms with van der Waals surface area (Å²) in [7, 11) is 1.60. The van der Waals surface area contributed by atoms with Crippen LogP contribution in [0.4, 0.5) is 5.82 Å². The quantitative estimate of drug-likeness (QED) is 0.352. The van der Waals surface area contributed by atoms with E-state index in [0.29, 0.717) is 24.4 Å². The Bertz CT molecular complexity index is 1200. The van der Waals surface area contributed by atoms with Gasteiger partial charge in [0.1, 0.15) is 0 Å². The molecule has 3 N–H and O–H groups in total. The maximum absolute atomic E-state index is 9.36. The second-order valence-corrected chi connectivity index (χ2v) is 6.78. The lowest BCUT2D eigenvalue weighted by molar-refractivity contribution is 0.186. The normalized spacial score (nSPS) is 11.0. The second kappa shape index (κ2) is 9.08. The molecule has 11 heteroatoms. The van der Waals surface area contributed by atoms with Crippen LogP contribution in [-0.2, 0) is 17.9 Å². The molecule has 2 heterocycles. The Morgan fingerprint density at radius 2 is 1.94 bits per heavy atom. The SMILES string of the molecule is COCc1cccc2c1cnn2-c1nnc(OC)c(NCc2cccc(B(O)O)c2)n1. The maximum atomic E-state index is 9.36. The van der Waals surface area contributed by atoms with Crippen molar-refractivity contribution in [1.82, 2.24) is 25.0 Å². The molecule has 0 aliphatic heterocycles. The van der Waals surface area contributed by atoms with Gasteiger partial charge in [0.25, 0.3) is 11.8 Å². The number of benzene rings is 2. The van der Waals surface area contributed by atoms with Crippen LogP contribution in [-0.4, -0.2) is 56.3 Å². The Balaban J connectivity index is 1.65. The molecule has 0 aliphatic carbocycles. The first-order valence-corrected chi connectivity index (χ1v) is 9.53. The number of fused-ring (bicyclic) bond motifs is 1. The van der Waals surface area contributed by atoms with Gasteiger partial charge in [-0.1, -0.05) is 36.4 Å². The summed E-state index contributed by atoms with van der Waals surface area (Å²) in [5.74, 6) is 0.908. The molecule has 0 aliphatic rings. The van der Waals surface area contributed by atoms with E-state index in [9.17, 15) is 10.0 Å². The summed E-state index contributed by atoms with van der Waals surface area (Å²) in [6.45, 7) is 0.839. The fraction of sp³-hybridized carbons (Fsp3) is 0.200. The molecule has 2 aromatic carbocycles. The van der Waals surface area contributed by atoms with Crippen LogP contribution >= 0.6 is 0 Å². The Morgan fingerprint density at radius 3 is 2.71 bits per heavy atom. The van der Waals surface area contributed by atoms with Crippen LogP contribution in [0.25, 0.3) is 16.9 Å². The van der Waals surface area contributed by atoms with Gasteiger partial charge in [-0.25, -0.2) is 0 Å². The number of methoxy groups -OCH3 is 2. The third-order valence-corrected chi connectivity index (χ3v) is 4.74. The molecule has 0 bridgehead atoms. The van der Waals surface area contributed by atoms with Crippen LogP contribution in [0.2, 0.25) is 0 Å². The van der Waals surface area contributed by atoms with E-state index in [4.69, 9.17) is 9.47 Å². The van der Waals surface area contributed by atoms with Crippen molar-refractivity contribution in [3.8, 4) is 11.8 Å². The summed E-state index contributed by atoms with van der Waals surface area (Å²) >= 11 is 0. The molecule has 0 amide bonds. The van der Waals surface area contributed by atoms with Crippen LogP contribution in [0, 0.1) is 0 Å². The highest BCUT2D eigenvalue weighted by molar-refractivity contribution is 6.58. The lowest BCUT2D eigenvalue weighted by atomic mass is 9.80. The number of rotatable bonds is 8. The number of aromatic nitrogens is 5. The monoisotopic (exact) mass is 420 g/mol. The van der Waals surface area contributed by atoms with Crippen molar-refractivity contribution in [3.63, 3.8) is 0 Å². The number of hydrogen-bond acceptors (Lipinski definition) is 9. The summed E-state index contributed by atoms with van der Waals surface area (Å²) < 4.78 is 12.1. The molecular formula is C20H21BN6O4. The minimum Gasteiger partial charge on any atom is -0.477 e. The van der Waals surface area contributed by atoms with E-state index in [1.807, 2.05) is 24.3 Å². The molecule has 0 radical (unpaired) electrons. The molecule has 0 saturated carbocycles. The van der Waals surface area contributed by atoms with Crippen LogP contribution < -0.4 is 15.5 Å². The number of nitrogens with zero attached hydrogens (tertiary/aromatic N) is 5. The highest BCUT2D eigenvalue weighted by Crippen LogP contribution is 2.23.